The molecule has 2 amide bonds. The molecule has 0 radical (unpaired) electrons. The van der Waals surface area contributed by atoms with Crippen molar-refractivity contribution >= 4 is 35.8 Å². The summed E-state index contributed by atoms with van der Waals surface area (Å²) in [6, 6.07) is 7.00. The second-order valence-corrected chi connectivity index (χ2v) is 7.69. The van der Waals surface area contributed by atoms with E-state index in [0.717, 1.165) is 25.7 Å². The van der Waals surface area contributed by atoms with Crippen molar-refractivity contribution < 1.29 is 9.59 Å². The highest BCUT2D eigenvalue weighted by atomic mass is 35.5. The molecular weight excluding hydrogens is 373 g/mol. The Balaban J connectivity index is 0.00000243. The van der Waals surface area contributed by atoms with Crippen molar-refractivity contribution in [1.29, 1.82) is 0 Å². The molecule has 0 saturated heterocycles. The highest BCUT2D eigenvalue weighted by Crippen LogP contribution is 2.41. The van der Waals surface area contributed by atoms with Gasteiger partial charge in [0.2, 0.25) is 5.91 Å². The van der Waals surface area contributed by atoms with E-state index in [1.54, 1.807) is 24.3 Å². The quantitative estimate of drug-likeness (QED) is 0.665. The van der Waals surface area contributed by atoms with Crippen LogP contribution in [-0.2, 0) is 4.79 Å². The standard InChI is InChI=1S/C19H26ClN3O2.ClH/c20-16-6-4-12(5-7-16)18(24)22-8-9-23-19(25)15-10-13-2-1-3-14(11-15)17(13)21;/h4-7,13-15,17H,1-3,8-11,21H2,(H,22,24)(H,23,25);1H. The highest BCUT2D eigenvalue weighted by Gasteiger charge is 2.40. The number of halogens is 2. The van der Waals surface area contributed by atoms with E-state index in [9.17, 15) is 9.59 Å². The zero-order chi connectivity index (χ0) is 17.8. The van der Waals surface area contributed by atoms with E-state index in [1.165, 1.54) is 6.42 Å². The Morgan fingerprint density at radius 3 is 2.23 bits per heavy atom. The van der Waals surface area contributed by atoms with Gasteiger partial charge in [0.15, 0.2) is 0 Å². The van der Waals surface area contributed by atoms with E-state index in [4.69, 9.17) is 17.3 Å². The van der Waals surface area contributed by atoms with Crippen LogP contribution in [0.5, 0.6) is 0 Å². The van der Waals surface area contributed by atoms with Crippen molar-refractivity contribution in [3.05, 3.63) is 34.9 Å². The first kappa shape index (κ1) is 21.0. The third kappa shape index (κ3) is 5.12. The van der Waals surface area contributed by atoms with Gasteiger partial charge in [-0.3, -0.25) is 9.59 Å². The summed E-state index contributed by atoms with van der Waals surface area (Å²) in [5, 5.41) is 6.36. The fraction of sp³-hybridized carbons (Fsp3) is 0.579. The lowest BCUT2D eigenvalue weighted by Crippen LogP contribution is -2.49. The van der Waals surface area contributed by atoms with Crippen LogP contribution in [0.25, 0.3) is 0 Å². The topological polar surface area (TPSA) is 84.2 Å². The molecule has 2 saturated carbocycles. The maximum Gasteiger partial charge on any atom is 0.251 e. The maximum atomic E-state index is 12.4. The molecular formula is C19H27Cl2N3O2. The molecule has 0 spiro atoms. The Bertz CT molecular complexity index is 610. The number of nitrogens with one attached hydrogen (secondary N) is 2. The average molecular weight is 400 g/mol. The fourth-order valence-electron chi connectivity index (χ4n) is 4.21. The molecule has 2 aliphatic rings. The van der Waals surface area contributed by atoms with Crippen molar-refractivity contribution in [2.75, 3.05) is 13.1 Å². The largest absolute Gasteiger partial charge is 0.354 e. The first-order valence-electron chi connectivity index (χ1n) is 9.11. The molecule has 7 heteroatoms. The predicted octanol–water partition coefficient (Wildman–Crippen LogP) is 2.76. The Hall–Kier alpha value is -1.30. The number of hydrogen-bond donors (Lipinski definition) is 3. The predicted molar refractivity (Wildman–Crippen MR) is 106 cm³/mol. The molecule has 0 aromatic heterocycles. The molecule has 1 aromatic carbocycles. The van der Waals surface area contributed by atoms with E-state index in [0.29, 0.717) is 35.5 Å². The number of amides is 2. The van der Waals surface area contributed by atoms with Gasteiger partial charge >= 0.3 is 0 Å². The lowest BCUT2D eigenvalue weighted by Gasteiger charge is -2.43. The van der Waals surface area contributed by atoms with Crippen LogP contribution in [0.4, 0.5) is 0 Å². The van der Waals surface area contributed by atoms with Crippen LogP contribution in [-0.4, -0.2) is 30.9 Å². The Labute approximate surface area is 165 Å². The molecule has 144 valence electrons. The Kier molecular flexibility index (Phi) is 7.74. The number of benzene rings is 1. The minimum absolute atomic E-state index is 0. The molecule has 2 unspecified atom stereocenters. The third-order valence-electron chi connectivity index (χ3n) is 5.60. The van der Waals surface area contributed by atoms with Crippen molar-refractivity contribution in [2.24, 2.45) is 23.5 Å². The molecule has 2 fully saturated rings. The lowest BCUT2D eigenvalue weighted by atomic mass is 9.65. The summed E-state index contributed by atoms with van der Waals surface area (Å²) in [6.07, 6.45) is 5.35. The molecule has 4 N–H and O–H groups in total. The molecule has 3 rings (SSSR count). The SMILES string of the molecule is Cl.NC1C2CCCC1CC(C(=O)NCCNC(=O)c1ccc(Cl)cc1)C2. The summed E-state index contributed by atoms with van der Waals surface area (Å²) >= 11 is 5.81. The molecule has 26 heavy (non-hydrogen) atoms. The van der Waals surface area contributed by atoms with Crippen molar-refractivity contribution in [2.45, 2.75) is 38.1 Å². The fourth-order valence-corrected chi connectivity index (χ4v) is 4.34. The van der Waals surface area contributed by atoms with E-state index in [-0.39, 0.29) is 36.2 Å². The van der Waals surface area contributed by atoms with Gasteiger partial charge in [0, 0.05) is 35.6 Å². The number of carbonyl (C=O) groups excluding carboxylic acids is 2. The minimum Gasteiger partial charge on any atom is -0.354 e. The van der Waals surface area contributed by atoms with Crippen molar-refractivity contribution in [3.8, 4) is 0 Å². The van der Waals surface area contributed by atoms with Gasteiger partial charge in [-0.05, 0) is 61.8 Å². The van der Waals surface area contributed by atoms with Crippen LogP contribution in [0.1, 0.15) is 42.5 Å². The summed E-state index contributed by atoms with van der Waals surface area (Å²) < 4.78 is 0. The first-order valence-corrected chi connectivity index (χ1v) is 9.49. The molecule has 1 aromatic rings. The molecule has 2 atom stereocenters. The molecule has 2 aliphatic carbocycles. The van der Waals surface area contributed by atoms with E-state index < -0.39 is 0 Å². The monoisotopic (exact) mass is 399 g/mol. The van der Waals surface area contributed by atoms with Gasteiger partial charge in [0.1, 0.15) is 0 Å². The van der Waals surface area contributed by atoms with Gasteiger partial charge < -0.3 is 16.4 Å². The van der Waals surface area contributed by atoms with E-state index in [1.807, 2.05) is 0 Å². The lowest BCUT2D eigenvalue weighted by molar-refractivity contribution is -0.127. The number of fused-ring (bicyclic) bond motifs is 2. The number of nitrogens with two attached hydrogens (primary N) is 1. The summed E-state index contributed by atoms with van der Waals surface area (Å²) in [5.74, 6) is 0.997. The van der Waals surface area contributed by atoms with Crippen LogP contribution in [0.3, 0.4) is 0 Å². The van der Waals surface area contributed by atoms with Crippen molar-refractivity contribution in [3.63, 3.8) is 0 Å². The second-order valence-electron chi connectivity index (χ2n) is 7.25. The third-order valence-corrected chi connectivity index (χ3v) is 5.85. The summed E-state index contributed by atoms with van der Waals surface area (Å²) in [7, 11) is 0. The van der Waals surface area contributed by atoms with Gasteiger partial charge in [-0.2, -0.15) is 0 Å². The zero-order valence-corrected chi connectivity index (χ0v) is 16.3. The molecule has 2 bridgehead atoms. The van der Waals surface area contributed by atoms with Crippen LogP contribution >= 0.6 is 24.0 Å². The summed E-state index contributed by atoms with van der Waals surface area (Å²) in [6.45, 7) is 0.850. The first-order chi connectivity index (χ1) is 12.0. The molecule has 0 aliphatic heterocycles. The van der Waals surface area contributed by atoms with Crippen molar-refractivity contribution in [1.82, 2.24) is 10.6 Å². The van der Waals surface area contributed by atoms with Gasteiger partial charge in [-0.25, -0.2) is 0 Å². The van der Waals surface area contributed by atoms with Gasteiger partial charge in [0.05, 0.1) is 0 Å². The van der Waals surface area contributed by atoms with E-state index >= 15 is 0 Å². The number of carbonyl (C=O) groups is 2. The summed E-state index contributed by atoms with van der Waals surface area (Å²) in [5.41, 5.74) is 6.84. The maximum absolute atomic E-state index is 12.4. The highest BCUT2D eigenvalue weighted by molar-refractivity contribution is 6.30. The Morgan fingerprint density at radius 2 is 1.62 bits per heavy atom. The van der Waals surface area contributed by atoms with Crippen LogP contribution in [0, 0.1) is 17.8 Å². The van der Waals surface area contributed by atoms with Gasteiger partial charge in [0.25, 0.3) is 5.91 Å². The van der Waals surface area contributed by atoms with E-state index in [2.05, 4.69) is 10.6 Å². The van der Waals surface area contributed by atoms with Gasteiger partial charge in [-0.1, -0.05) is 18.0 Å². The normalized spacial score (nSPS) is 27.2. The number of hydrogen-bond acceptors (Lipinski definition) is 3. The van der Waals surface area contributed by atoms with Crippen LogP contribution in [0.15, 0.2) is 24.3 Å². The number of rotatable bonds is 5. The minimum atomic E-state index is -0.163. The molecule has 0 heterocycles. The Morgan fingerprint density at radius 1 is 1.04 bits per heavy atom. The summed E-state index contributed by atoms with van der Waals surface area (Å²) in [4.78, 5) is 24.4. The second kappa shape index (κ2) is 9.58. The zero-order valence-electron chi connectivity index (χ0n) is 14.7. The van der Waals surface area contributed by atoms with Crippen LogP contribution < -0.4 is 16.4 Å². The average Bonchev–Trinajstić information content (AvgIpc) is 2.58. The van der Waals surface area contributed by atoms with Crippen LogP contribution in [0.2, 0.25) is 5.02 Å². The smallest absolute Gasteiger partial charge is 0.251 e. The van der Waals surface area contributed by atoms with Gasteiger partial charge in [-0.15, -0.1) is 12.4 Å². The molecule has 5 nitrogen and oxygen atoms in total.